The number of nitrogens with one attached hydrogen (secondary N) is 1. The van der Waals surface area contributed by atoms with E-state index in [9.17, 15) is 4.79 Å². The minimum atomic E-state index is 0.0817. The van der Waals surface area contributed by atoms with Crippen molar-refractivity contribution in [2.24, 2.45) is 0 Å². The van der Waals surface area contributed by atoms with Crippen LogP contribution in [0.15, 0.2) is 30.6 Å². The number of hydrogen-bond donors (Lipinski definition) is 1. The fraction of sp³-hybridized carbons (Fsp3) is 0.429. The summed E-state index contributed by atoms with van der Waals surface area (Å²) in [5, 5.41) is 14.3. The second kappa shape index (κ2) is 6.01. The molecule has 7 nitrogen and oxygen atoms in total. The Balaban J connectivity index is 1.73. The van der Waals surface area contributed by atoms with Crippen LogP contribution >= 0.6 is 0 Å². The summed E-state index contributed by atoms with van der Waals surface area (Å²) in [5.74, 6) is 0.0817. The Morgan fingerprint density at radius 1 is 1.33 bits per heavy atom. The molecule has 1 unspecified atom stereocenters. The number of aromatic nitrogens is 4. The third-order valence-electron chi connectivity index (χ3n) is 3.84. The molecule has 1 aromatic heterocycles. The zero-order chi connectivity index (χ0) is 14.7. The highest BCUT2D eigenvalue weighted by molar-refractivity contribution is 5.94. The zero-order valence-corrected chi connectivity index (χ0v) is 11.9. The first-order valence-electron chi connectivity index (χ1n) is 7.08. The van der Waals surface area contributed by atoms with Gasteiger partial charge in [-0.15, -0.1) is 5.10 Å². The summed E-state index contributed by atoms with van der Waals surface area (Å²) < 4.78 is 1.56. The molecule has 0 saturated carbocycles. The monoisotopic (exact) mass is 286 g/mol. The van der Waals surface area contributed by atoms with Gasteiger partial charge in [-0.05, 0) is 54.6 Å². The van der Waals surface area contributed by atoms with Crippen LogP contribution in [0.3, 0.4) is 0 Å². The average molecular weight is 286 g/mol. The van der Waals surface area contributed by atoms with E-state index in [-0.39, 0.29) is 5.91 Å². The molecule has 0 aliphatic carbocycles. The lowest BCUT2D eigenvalue weighted by molar-refractivity contribution is 0.0698. The standard InChI is InChI=1S/C14H18N6O/c1-15-12-3-2-8-19(9-12)14(21)11-4-6-13(7-5-11)20-10-16-17-18-20/h4-7,10,12,15H,2-3,8-9H2,1H3. The molecule has 1 aliphatic rings. The van der Waals surface area contributed by atoms with Crippen LogP contribution in [-0.2, 0) is 0 Å². The molecule has 2 heterocycles. The molecule has 3 rings (SSSR count). The Hall–Kier alpha value is -2.28. The Labute approximate surface area is 122 Å². The summed E-state index contributed by atoms with van der Waals surface area (Å²) in [4.78, 5) is 14.4. The van der Waals surface area contributed by atoms with E-state index >= 15 is 0 Å². The Bertz CT molecular complexity index is 594. The maximum Gasteiger partial charge on any atom is 0.253 e. The van der Waals surface area contributed by atoms with Crippen molar-refractivity contribution >= 4 is 5.91 Å². The number of benzene rings is 1. The number of nitrogens with zero attached hydrogens (tertiary/aromatic N) is 5. The van der Waals surface area contributed by atoms with Gasteiger partial charge in [0.15, 0.2) is 0 Å². The molecule has 7 heteroatoms. The van der Waals surface area contributed by atoms with E-state index in [4.69, 9.17) is 0 Å². The molecule has 1 atom stereocenters. The van der Waals surface area contributed by atoms with Crippen LogP contribution in [0.5, 0.6) is 0 Å². The molecule has 1 N–H and O–H groups in total. The number of tetrazole rings is 1. The number of piperidine rings is 1. The van der Waals surface area contributed by atoms with Crippen LogP contribution in [0.1, 0.15) is 23.2 Å². The fourth-order valence-electron chi connectivity index (χ4n) is 2.62. The van der Waals surface area contributed by atoms with Crippen LogP contribution in [0.2, 0.25) is 0 Å². The molecule has 0 spiro atoms. The van der Waals surface area contributed by atoms with E-state index in [0.29, 0.717) is 11.6 Å². The van der Waals surface area contributed by atoms with E-state index in [0.717, 1.165) is 31.6 Å². The lowest BCUT2D eigenvalue weighted by atomic mass is 10.0. The fourth-order valence-corrected chi connectivity index (χ4v) is 2.62. The predicted molar refractivity (Wildman–Crippen MR) is 77.1 cm³/mol. The van der Waals surface area contributed by atoms with Gasteiger partial charge in [-0.1, -0.05) is 0 Å². The Morgan fingerprint density at radius 2 is 2.14 bits per heavy atom. The lowest BCUT2D eigenvalue weighted by Crippen LogP contribution is -2.46. The molecular formula is C14H18N6O. The summed E-state index contributed by atoms with van der Waals surface area (Å²) in [6.45, 7) is 1.59. The van der Waals surface area contributed by atoms with Gasteiger partial charge in [0, 0.05) is 24.7 Å². The van der Waals surface area contributed by atoms with Crippen molar-refractivity contribution in [2.75, 3.05) is 20.1 Å². The van der Waals surface area contributed by atoms with Crippen molar-refractivity contribution in [1.82, 2.24) is 30.4 Å². The molecule has 1 fully saturated rings. The highest BCUT2D eigenvalue weighted by Crippen LogP contribution is 2.15. The quantitative estimate of drug-likeness (QED) is 0.888. The van der Waals surface area contributed by atoms with Crippen molar-refractivity contribution < 1.29 is 4.79 Å². The minimum Gasteiger partial charge on any atom is -0.337 e. The first kappa shape index (κ1) is 13.7. The normalized spacial score (nSPS) is 18.7. The van der Waals surface area contributed by atoms with Gasteiger partial charge < -0.3 is 10.2 Å². The third kappa shape index (κ3) is 2.92. The van der Waals surface area contributed by atoms with E-state index in [1.165, 1.54) is 6.33 Å². The van der Waals surface area contributed by atoms with Gasteiger partial charge in [-0.3, -0.25) is 4.79 Å². The predicted octanol–water partition coefficient (Wildman–Crippen LogP) is 0.486. The van der Waals surface area contributed by atoms with Crippen molar-refractivity contribution in [3.8, 4) is 5.69 Å². The molecular weight excluding hydrogens is 268 g/mol. The van der Waals surface area contributed by atoms with Crippen molar-refractivity contribution in [1.29, 1.82) is 0 Å². The van der Waals surface area contributed by atoms with Gasteiger partial charge >= 0.3 is 0 Å². The molecule has 110 valence electrons. The largest absolute Gasteiger partial charge is 0.337 e. The van der Waals surface area contributed by atoms with Crippen LogP contribution in [0, 0.1) is 0 Å². The molecule has 21 heavy (non-hydrogen) atoms. The van der Waals surface area contributed by atoms with E-state index in [1.807, 2.05) is 36.2 Å². The maximum absolute atomic E-state index is 12.5. The summed E-state index contributed by atoms with van der Waals surface area (Å²) in [6.07, 6.45) is 3.69. The summed E-state index contributed by atoms with van der Waals surface area (Å²) >= 11 is 0. The first-order valence-corrected chi connectivity index (χ1v) is 7.08. The number of carbonyl (C=O) groups excluding carboxylic acids is 1. The molecule has 1 aromatic carbocycles. The number of likely N-dealkylation sites (tertiary alicyclic amines) is 1. The SMILES string of the molecule is CNC1CCCN(C(=O)c2ccc(-n3cnnn3)cc2)C1. The highest BCUT2D eigenvalue weighted by atomic mass is 16.2. The second-order valence-electron chi connectivity index (χ2n) is 5.18. The van der Waals surface area contributed by atoms with Gasteiger partial charge in [-0.25, -0.2) is 4.68 Å². The molecule has 0 bridgehead atoms. The third-order valence-corrected chi connectivity index (χ3v) is 3.84. The van der Waals surface area contributed by atoms with Gasteiger partial charge in [0.05, 0.1) is 5.69 Å². The number of carbonyl (C=O) groups is 1. The van der Waals surface area contributed by atoms with Crippen LogP contribution < -0.4 is 5.32 Å². The lowest BCUT2D eigenvalue weighted by Gasteiger charge is -2.32. The second-order valence-corrected chi connectivity index (χ2v) is 5.18. The molecule has 1 saturated heterocycles. The number of hydrogen-bond acceptors (Lipinski definition) is 5. The molecule has 2 aromatic rings. The average Bonchev–Trinajstić information content (AvgIpc) is 3.09. The van der Waals surface area contributed by atoms with Gasteiger partial charge in [0.1, 0.15) is 6.33 Å². The van der Waals surface area contributed by atoms with Crippen LogP contribution in [0.4, 0.5) is 0 Å². The van der Waals surface area contributed by atoms with Crippen molar-refractivity contribution in [2.45, 2.75) is 18.9 Å². The minimum absolute atomic E-state index is 0.0817. The van der Waals surface area contributed by atoms with Crippen LogP contribution in [0.25, 0.3) is 5.69 Å². The summed E-state index contributed by atoms with van der Waals surface area (Å²) in [5.41, 5.74) is 1.53. The van der Waals surface area contributed by atoms with E-state index in [1.54, 1.807) is 4.68 Å². The topological polar surface area (TPSA) is 75.9 Å². The number of amides is 1. The van der Waals surface area contributed by atoms with Crippen molar-refractivity contribution in [3.63, 3.8) is 0 Å². The number of rotatable bonds is 3. The summed E-state index contributed by atoms with van der Waals surface area (Å²) in [6, 6.07) is 7.74. The summed E-state index contributed by atoms with van der Waals surface area (Å²) in [7, 11) is 1.94. The Kier molecular flexibility index (Phi) is 3.92. The molecule has 1 aliphatic heterocycles. The van der Waals surface area contributed by atoms with E-state index < -0.39 is 0 Å². The van der Waals surface area contributed by atoms with Gasteiger partial charge in [0.25, 0.3) is 5.91 Å². The zero-order valence-electron chi connectivity index (χ0n) is 11.9. The molecule has 0 radical (unpaired) electrons. The molecule has 1 amide bonds. The van der Waals surface area contributed by atoms with E-state index in [2.05, 4.69) is 20.8 Å². The van der Waals surface area contributed by atoms with Crippen molar-refractivity contribution in [3.05, 3.63) is 36.2 Å². The maximum atomic E-state index is 12.5. The first-order chi connectivity index (χ1) is 10.3. The van der Waals surface area contributed by atoms with Gasteiger partial charge in [0.2, 0.25) is 0 Å². The highest BCUT2D eigenvalue weighted by Gasteiger charge is 2.23. The number of likely N-dealkylation sites (N-methyl/N-ethyl adjacent to an activating group) is 1. The van der Waals surface area contributed by atoms with Crippen LogP contribution in [-0.4, -0.2) is 57.2 Å². The van der Waals surface area contributed by atoms with Gasteiger partial charge in [-0.2, -0.15) is 0 Å². The smallest absolute Gasteiger partial charge is 0.253 e. The Morgan fingerprint density at radius 3 is 2.81 bits per heavy atom.